The summed E-state index contributed by atoms with van der Waals surface area (Å²) in [6, 6.07) is 14.9. The monoisotopic (exact) mass is 404 g/mol. The third-order valence-electron chi connectivity index (χ3n) is 7.38. The molecule has 1 atom stereocenters. The van der Waals surface area contributed by atoms with E-state index < -0.39 is 12.0 Å². The first kappa shape index (κ1) is 19.3. The highest BCUT2D eigenvalue weighted by atomic mass is 16.4. The fourth-order valence-electron chi connectivity index (χ4n) is 5.71. The summed E-state index contributed by atoms with van der Waals surface area (Å²) in [5.74, 6) is -0.996. The molecule has 2 aromatic rings. The van der Waals surface area contributed by atoms with Crippen molar-refractivity contribution in [2.45, 2.75) is 45.2 Å². The van der Waals surface area contributed by atoms with Crippen LogP contribution in [0.25, 0.3) is 11.1 Å². The number of piperidine rings is 1. The first-order valence-electron chi connectivity index (χ1n) is 10.9. The Labute approximate surface area is 177 Å². The van der Waals surface area contributed by atoms with E-state index in [1.807, 2.05) is 0 Å². The Hall–Kier alpha value is -2.66. The topological polar surface area (TPSA) is 60.9 Å². The molecule has 1 spiro atoms. The van der Waals surface area contributed by atoms with E-state index >= 15 is 0 Å². The van der Waals surface area contributed by atoms with Crippen LogP contribution < -0.4 is 0 Å². The van der Waals surface area contributed by atoms with Crippen LogP contribution in [0.2, 0.25) is 0 Å². The molecule has 2 aliphatic heterocycles. The summed E-state index contributed by atoms with van der Waals surface area (Å²) in [5.41, 5.74) is 6.86. The van der Waals surface area contributed by atoms with Gasteiger partial charge in [-0.05, 0) is 72.0 Å². The number of carbonyl (C=O) groups is 2. The maximum atomic E-state index is 11.9. The van der Waals surface area contributed by atoms with E-state index in [0.717, 1.165) is 38.9 Å². The number of carboxylic acid groups (broad SMARTS) is 1. The Bertz CT molecular complexity index is 983. The van der Waals surface area contributed by atoms with Crippen molar-refractivity contribution >= 4 is 11.9 Å². The SMILES string of the molecule is CC(=O)N1CC2(CCN(Cc3ccc4c(c3)Cc3ccccc3-4)CC2)CC1C(=O)O. The average molecular weight is 405 g/mol. The molecule has 1 aliphatic carbocycles. The van der Waals surface area contributed by atoms with Gasteiger partial charge in [0.2, 0.25) is 5.91 Å². The molecule has 1 N–H and O–H groups in total. The Kier molecular flexibility index (Phi) is 4.66. The van der Waals surface area contributed by atoms with Crippen molar-refractivity contribution < 1.29 is 14.7 Å². The zero-order valence-electron chi connectivity index (χ0n) is 17.4. The molecule has 2 saturated heterocycles. The molecule has 0 bridgehead atoms. The fourth-order valence-corrected chi connectivity index (χ4v) is 5.71. The third kappa shape index (κ3) is 3.31. The second-order valence-electron chi connectivity index (χ2n) is 9.31. The molecule has 30 heavy (non-hydrogen) atoms. The molecule has 5 rings (SSSR count). The standard InChI is InChI=1S/C25H28N2O3/c1-17(28)27-16-25(14-23(27)24(29)30)8-10-26(11-9-25)15-18-6-7-22-20(12-18)13-19-4-2-3-5-21(19)22/h2-7,12,23H,8-11,13-16H2,1H3,(H,29,30). The lowest BCUT2D eigenvalue weighted by Gasteiger charge is -2.39. The highest BCUT2D eigenvalue weighted by Gasteiger charge is 2.49. The summed E-state index contributed by atoms with van der Waals surface area (Å²) in [6.45, 7) is 4.91. The van der Waals surface area contributed by atoms with Crippen LogP contribution in [-0.2, 0) is 22.6 Å². The summed E-state index contributed by atoms with van der Waals surface area (Å²) in [7, 11) is 0. The minimum absolute atomic E-state index is 0.0369. The van der Waals surface area contributed by atoms with E-state index in [0.29, 0.717) is 13.0 Å². The Morgan fingerprint density at radius 2 is 1.80 bits per heavy atom. The molecule has 2 heterocycles. The number of amides is 1. The molecular formula is C25H28N2O3. The van der Waals surface area contributed by atoms with Gasteiger partial charge in [0, 0.05) is 20.0 Å². The van der Waals surface area contributed by atoms with Gasteiger partial charge in [-0.2, -0.15) is 0 Å². The molecule has 156 valence electrons. The quantitative estimate of drug-likeness (QED) is 0.725. The molecule has 0 aromatic heterocycles. The van der Waals surface area contributed by atoms with E-state index in [-0.39, 0.29) is 11.3 Å². The molecule has 3 aliphatic rings. The molecular weight excluding hydrogens is 376 g/mol. The summed E-state index contributed by atoms with van der Waals surface area (Å²) in [6.07, 6.45) is 3.51. The number of aliphatic carboxylic acids is 1. The number of hydrogen-bond donors (Lipinski definition) is 1. The van der Waals surface area contributed by atoms with Crippen LogP contribution in [0.1, 0.15) is 42.9 Å². The number of likely N-dealkylation sites (tertiary alicyclic amines) is 2. The van der Waals surface area contributed by atoms with E-state index in [4.69, 9.17) is 0 Å². The van der Waals surface area contributed by atoms with E-state index in [1.165, 1.54) is 34.7 Å². The van der Waals surface area contributed by atoms with E-state index in [2.05, 4.69) is 47.4 Å². The van der Waals surface area contributed by atoms with Crippen molar-refractivity contribution in [3.63, 3.8) is 0 Å². The summed E-state index contributed by atoms with van der Waals surface area (Å²) in [5, 5.41) is 9.53. The summed E-state index contributed by atoms with van der Waals surface area (Å²) < 4.78 is 0. The number of rotatable bonds is 3. The molecule has 2 aromatic carbocycles. The largest absolute Gasteiger partial charge is 0.480 e. The average Bonchev–Trinajstić information content (AvgIpc) is 3.29. The van der Waals surface area contributed by atoms with Gasteiger partial charge in [0.25, 0.3) is 0 Å². The van der Waals surface area contributed by atoms with Gasteiger partial charge in [0.15, 0.2) is 0 Å². The van der Waals surface area contributed by atoms with Gasteiger partial charge in [-0.3, -0.25) is 9.69 Å². The number of benzene rings is 2. The fraction of sp³-hybridized carbons (Fsp3) is 0.440. The van der Waals surface area contributed by atoms with Gasteiger partial charge in [-0.1, -0.05) is 42.5 Å². The number of carboxylic acids is 1. The van der Waals surface area contributed by atoms with Crippen LogP contribution >= 0.6 is 0 Å². The van der Waals surface area contributed by atoms with Crippen molar-refractivity contribution in [1.82, 2.24) is 9.80 Å². The lowest BCUT2D eigenvalue weighted by atomic mass is 9.76. The van der Waals surface area contributed by atoms with Gasteiger partial charge in [-0.15, -0.1) is 0 Å². The molecule has 0 saturated carbocycles. The van der Waals surface area contributed by atoms with E-state index in [1.54, 1.807) is 4.90 Å². The number of carbonyl (C=O) groups excluding carboxylic acids is 1. The maximum absolute atomic E-state index is 11.9. The lowest BCUT2D eigenvalue weighted by Crippen LogP contribution is -2.42. The minimum Gasteiger partial charge on any atom is -0.480 e. The molecule has 5 heteroatoms. The molecule has 1 amide bonds. The zero-order chi connectivity index (χ0) is 20.9. The molecule has 1 unspecified atom stereocenters. The Morgan fingerprint density at radius 1 is 1.07 bits per heavy atom. The van der Waals surface area contributed by atoms with Gasteiger partial charge >= 0.3 is 5.97 Å². The van der Waals surface area contributed by atoms with Crippen LogP contribution in [0.5, 0.6) is 0 Å². The number of fused-ring (bicyclic) bond motifs is 3. The van der Waals surface area contributed by atoms with Gasteiger partial charge in [0.05, 0.1) is 0 Å². The first-order chi connectivity index (χ1) is 14.4. The molecule has 2 fully saturated rings. The van der Waals surface area contributed by atoms with Crippen LogP contribution in [0, 0.1) is 5.41 Å². The van der Waals surface area contributed by atoms with Crippen molar-refractivity contribution in [2.24, 2.45) is 5.41 Å². The van der Waals surface area contributed by atoms with Crippen molar-refractivity contribution in [2.75, 3.05) is 19.6 Å². The smallest absolute Gasteiger partial charge is 0.326 e. The second kappa shape index (κ2) is 7.24. The van der Waals surface area contributed by atoms with Gasteiger partial charge < -0.3 is 10.0 Å². The summed E-state index contributed by atoms with van der Waals surface area (Å²) >= 11 is 0. The number of hydrogen-bond acceptors (Lipinski definition) is 3. The van der Waals surface area contributed by atoms with Crippen LogP contribution in [-0.4, -0.2) is 52.5 Å². The lowest BCUT2D eigenvalue weighted by molar-refractivity contribution is -0.147. The zero-order valence-corrected chi connectivity index (χ0v) is 17.4. The number of nitrogens with zero attached hydrogens (tertiary/aromatic N) is 2. The van der Waals surface area contributed by atoms with Crippen molar-refractivity contribution in [3.05, 3.63) is 59.2 Å². The normalized spacial score (nSPS) is 22.2. The predicted octanol–water partition coefficient (Wildman–Crippen LogP) is 3.55. The minimum atomic E-state index is -0.872. The molecule has 0 radical (unpaired) electrons. The Balaban J connectivity index is 1.24. The van der Waals surface area contributed by atoms with Gasteiger partial charge in [-0.25, -0.2) is 4.79 Å². The molecule has 5 nitrogen and oxygen atoms in total. The van der Waals surface area contributed by atoms with Crippen molar-refractivity contribution in [1.29, 1.82) is 0 Å². The second-order valence-corrected chi connectivity index (χ2v) is 9.31. The maximum Gasteiger partial charge on any atom is 0.326 e. The third-order valence-corrected chi connectivity index (χ3v) is 7.38. The summed E-state index contributed by atoms with van der Waals surface area (Å²) in [4.78, 5) is 27.6. The predicted molar refractivity (Wildman–Crippen MR) is 115 cm³/mol. The van der Waals surface area contributed by atoms with Crippen LogP contribution in [0.4, 0.5) is 0 Å². The van der Waals surface area contributed by atoms with Gasteiger partial charge in [0.1, 0.15) is 6.04 Å². The first-order valence-corrected chi connectivity index (χ1v) is 10.9. The van der Waals surface area contributed by atoms with Crippen LogP contribution in [0.15, 0.2) is 42.5 Å². The van der Waals surface area contributed by atoms with Crippen LogP contribution in [0.3, 0.4) is 0 Å². The van der Waals surface area contributed by atoms with E-state index in [9.17, 15) is 14.7 Å². The van der Waals surface area contributed by atoms with Crippen molar-refractivity contribution in [3.8, 4) is 11.1 Å². The highest BCUT2D eigenvalue weighted by Crippen LogP contribution is 2.44. The Morgan fingerprint density at radius 3 is 2.50 bits per heavy atom. The highest BCUT2D eigenvalue weighted by molar-refractivity contribution is 5.83.